The minimum absolute atomic E-state index is 0.0785. The van der Waals surface area contributed by atoms with Crippen molar-refractivity contribution in [2.75, 3.05) is 7.11 Å². The van der Waals surface area contributed by atoms with Crippen LogP contribution in [0.1, 0.15) is 20.7 Å². The fraction of sp³-hybridized carbons (Fsp3) is 0.167. The Bertz CT molecular complexity index is 1100. The van der Waals surface area contributed by atoms with Gasteiger partial charge in [0.25, 0.3) is 0 Å². The number of Topliss-reactive ketones (excluding diaryl/α,β-unsaturated/α-hetero) is 1. The third-order valence-corrected chi connectivity index (χ3v) is 4.70. The normalized spacial score (nSPS) is 10.9. The maximum atomic E-state index is 12.7. The van der Waals surface area contributed by atoms with Gasteiger partial charge in [-0.15, -0.1) is 0 Å². The number of para-hydroxylation sites is 1. The van der Waals surface area contributed by atoms with Gasteiger partial charge in [0.15, 0.2) is 5.78 Å². The SMILES string of the molecule is COC(=O)c1cccc2c1n(C)c(=N)n2CC(=O)c1ccc(Cl)cc1Cl. The second-order valence-electron chi connectivity index (χ2n) is 5.68. The van der Waals surface area contributed by atoms with Gasteiger partial charge in [0.2, 0.25) is 5.62 Å². The van der Waals surface area contributed by atoms with Crippen LogP contribution in [0.5, 0.6) is 0 Å². The van der Waals surface area contributed by atoms with Crippen LogP contribution in [-0.4, -0.2) is 28.0 Å². The van der Waals surface area contributed by atoms with Gasteiger partial charge >= 0.3 is 5.97 Å². The first-order valence-electron chi connectivity index (χ1n) is 7.64. The molecular formula is C18H15Cl2N3O3. The summed E-state index contributed by atoms with van der Waals surface area (Å²) in [4.78, 5) is 24.7. The highest BCUT2D eigenvalue weighted by atomic mass is 35.5. The molecule has 0 saturated heterocycles. The third-order valence-electron chi connectivity index (χ3n) is 4.15. The Kier molecular flexibility index (Phi) is 4.89. The van der Waals surface area contributed by atoms with E-state index in [-0.39, 0.29) is 23.0 Å². The standard InChI is InChI=1S/C18H15Cl2N3O3/c1-22-16-12(17(25)26-2)4-3-5-14(16)23(18(22)21)9-15(24)11-7-6-10(19)8-13(11)20/h3-8,21H,9H2,1-2H3. The lowest BCUT2D eigenvalue weighted by Crippen LogP contribution is -2.26. The Morgan fingerprint density at radius 1 is 1.15 bits per heavy atom. The zero-order valence-electron chi connectivity index (χ0n) is 14.0. The molecule has 1 heterocycles. The number of carbonyl (C=O) groups excluding carboxylic acids is 2. The lowest BCUT2D eigenvalue weighted by atomic mass is 10.1. The quantitative estimate of drug-likeness (QED) is 0.546. The average molecular weight is 392 g/mol. The summed E-state index contributed by atoms with van der Waals surface area (Å²) in [5.74, 6) is -0.767. The second kappa shape index (κ2) is 6.97. The van der Waals surface area contributed by atoms with Crippen molar-refractivity contribution >= 4 is 46.0 Å². The first kappa shape index (κ1) is 18.2. The predicted molar refractivity (Wildman–Crippen MR) is 98.9 cm³/mol. The van der Waals surface area contributed by atoms with Gasteiger partial charge in [-0.05, 0) is 30.3 Å². The van der Waals surface area contributed by atoms with E-state index >= 15 is 0 Å². The highest BCUT2D eigenvalue weighted by Gasteiger charge is 2.19. The molecule has 8 heteroatoms. The van der Waals surface area contributed by atoms with E-state index in [9.17, 15) is 9.59 Å². The summed E-state index contributed by atoms with van der Waals surface area (Å²) in [5.41, 5.74) is 1.84. The molecule has 0 aliphatic rings. The van der Waals surface area contributed by atoms with Crippen LogP contribution < -0.4 is 5.62 Å². The van der Waals surface area contributed by atoms with E-state index in [2.05, 4.69) is 0 Å². The van der Waals surface area contributed by atoms with Crippen molar-refractivity contribution in [3.05, 3.63) is 63.2 Å². The number of methoxy groups -OCH3 is 1. The van der Waals surface area contributed by atoms with Gasteiger partial charge in [0.05, 0.1) is 35.3 Å². The highest BCUT2D eigenvalue weighted by Crippen LogP contribution is 2.23. The number of nitrogens with zero attached hydrogens (tertiary/aromatic N) is 2. The average Bonchev–Trinajstić information content (AvgIpc) is 2.86. The monoisotopic (exact) mass is 391 g/mol. The van der Waals surface area contributed by atoms with Crippen molar-refractivity contribution in [2.24, 2.45) is 7.05 Å². The molecule has 1 aromatic heterocycles. The summed E-state index contributed by atoms with van der Waals surface area (Å²) in [7, 11) is 2.96. The van der Waals surface area contributed by atoms with Crippen molar-refractivity contribution < 1.29 is 14.3 Å². The van der Waals surface area contributed by atoms with Crippen LogP contribution in [0.25, 0.3) is 11.0 Å². The number of nitrogens with one attached hydrogen (secondary N) is 1. The summed E-state index contributed by atoms with van der Waals surface area (Å²) in [6.07, 6.45) is 0. The molecule has 0 spiro atoms. The molecule has 1 N–H and O–H groups in total. The number of ketones is 1. The van der Waals surface area contributed by atoms with Crippen LogP contribution in [0.15, 0.2) is 36.4 Å². The van der Waals surface area contributed by atoms with Crippen LogP contribution in [0.3, 0.4) is 0 Å². The molecule has 0 unspecified atom stereocenters. The number of hydrogen-bond donors (Lipinski definition) is 1. The van der Waals surface area contributed by atoms with E-state index in [1.54, 1.807) is 41.9 Å². The molecule has 3 rings (SSSR count). The molecule has 26 heavy (non-hydrogen) atoms. The van der Waals surface area contributed by atoms with Crippen LogP contribution in [0.2, 0.25) is 10.0 Å². The molecule has 6 nitrogen and oxygen atoms in total. The molecule has 0 radical (unpaired) electrons. The molecule has 0 aliphatic heterocycles. The molecule has 0 atom stereocenters. The van der Waals surface area contributed by atoms with Crippen LogP contribution >= 0.6 is 23.2 Å². The first-order chi connectivity index (χ1) is 12.3. The lowest BCUT2D eigenvalue weighted by molar-refractivity contribution is 0.0602. The van der Waals surface area contributed by atoms with Gasteiger partial charge in [0, 0.05) is 17.6 Å². The van der Waals surface area contributed by atoms with Crippen molar-refractivity contribution in [3.63, 3.8) is 0 Å². The zero-order chi connectivity index (χ0) is 19.0. The van der Waals surface area contributed by atoms with Gasteiger partial charge in [-0.1, -0.05) is 29.3 Å². The number of rotatable bonds is 4. The molecule has 0 amide bonds. The maximum Gasteiger partial charge on any atom is 0.340 e. The number of esters is 1. The largest absolute Gasteiger partial charge is 0.465 e. The van der Waals surface area contributed by atoms with E-state index in [1.165, 1.54) is 17.7 Å². The minimum Gasteiger partial charge on any atom is -0.465 e. The maximum absolute atomic E-state index is 12.7. The molecule has 0 aliphatic carbocycles. The van der Waals surface area contributed by atoms with E-state index in [1.807, 2.05) is 0 Å². The lowest BCUT2D eigenvalue weighted by Gasteiger charge is -2.07. The number of fused-ring (bicyclic) bond motifs is 1. The summed E-state index contributed by atoms with van der Waals surface area (Å²) < 4.78 is 7.87. The molecule has 3 aromatic rings. The molecule has 2 aromatic carbocycles. The Labute approximate surface area is 159 Å². The number of aromatic nitrogens is 2. The van der Waals surface area contributed by atoms with Crippen LogP contribution in [0.4, 0.5) is 0 Å². The van der Waals surface area contributed by atoms with E-state index < -0.39 is 5.97 Å². The molecule has 0 bridgehead atoms. The number of carbonyl (C=O) groups is 2. The van der Waals surface area contributed by atoms with E-state index in [0.29, 0.717) is 27.2 Å². The smallest absolute Gasteiger partial charge is 0.340 e. The molecule has 0 fully saturated rings. The fourth-order valence-electron chi connectivity index (χ4n) is 2.88. The van der Waals surface area contributed by atoms with Crippen molar-refractivity contribution in [1.82, 2.24) is 9.13 Å². The number of imidazole rings is 1. The number of ether oxygens (including phenoxy) is 1. The Morgan fingerprint density at radius 3 is 2.54 bits per heavy atom. The fourth-order valence-corrected chi connectivity index (χ4v) is 3.40. The number of aryl methyl sites for hydroxylation is 1. The summed E-state index contributed by atoms with van der Waals surface area (Å²) in [5, 5.41) is 9.02. The van der Waals surface area contributed by atoms with Crippen molar-refractivity contribution in [2.45, 2.75) is 6.54 Å². The topological polar surface area (TPSA) is 77.1 Å². The Balaban J connectivity index is 2.11. The predicted octanol–water partition coefficient (Wildman–Crippen LogP) is 3.44. The Morgan fingerprint density at radius 2 is 1.88 bits per heavy atom. The summed E-state index contributed by atoms with van der Waals surface area (Å²) in [6.45, 7) is -0.0951. The van der Waals surface area contributed by atoms with Crippen LogP contribution in [-0.2, 0) is 18.3 Å². The molecular weight excluding hydrogens is 377 g/mol. The second-order valence-corrected chi connectivity index (χ2v) is 6.52. The van der Waals surface area contributed by atoms with Gasteiger partial charge < -0.3 is 13.9 Å². The minimum atomic E-state index is -0.504. The van der Waals surface area contributed by atoms with Crippen molar-refractivity contribution in [3.8, 4) is 0 Å². The van der Waals surface area contributed by atoms with Crippen molar-refractivity contribution in [1.29, 1.82) is 5.41 Å². The summed E-state index contributed by atoms with van der Waals surface area (Å²) in [6, 6.07) is 9.70. The number of halogens is 2. The zero-order valence-corrected chi connectivity index (χ0v) is 15.6. The molecule has 134 valence electrons. The van der Waals surface area contributed by atoms with Gasteiger partial charge in [-0.25, -0.2) is 4.79 Å². The summed E-state index contributed by atoms with van der Waals surface area (Å²) >= 11 is 12.0. The van der Waals surface area contributed by atoms with Gasteiger partial charge in [-0.2, -0.15) is 0 Å². The number of benzene rings is 2. The van der Waals surface area contributed by atoms with E-state index in [0.717, 1.165) is 0 Å². The number of hydrogen-bond acceptors (Lipinski definition) is 4. The molecule has 0 saturated carbocycles. The van der Waals surface area contributed by atoms with E-state index in [4.69, 9.17) is 33.3 Å². The highest BCUT2D eigenvalue weighted by molar-refractivity contribution is 6.36. The Hall–Kier alpha value is -2.57. The van der Waals surface area contributed by atoms with Crippen LogP contribution in [0, 0.1) is 5.41 Å². The van der Waals surface area contributed by atoms with Gasteiger partial charge in [-0.3, -0.25) is 10.2 Å². The third kappa shape index (κ3) is 3.02. The first-order valence-corrected chi connectivity index (χ1v) is 8.40. The van der Waals surface area contributed by atoms with Gasteiger partial charge in [0.1, 0.15) is 0 Å².